The SMILES string of the molecule is Cc1nc(NC(=O)C(C)N(C)CC(=O)Nc2ccc(Cl)c(C(F)(F)F)c2)sc1C. The van der Waals surface area contributed by atoms with E-state index in [0.29, 0.717) is 5.13 Å². The number of halogens is 4. The molecule has 0 spiro atoms. The lowest BCUT2D eigenvalue weighted by Crippen LogP contribution is -2.43. The first-order chi connectivity index (χ1) is 13.4. The monoisotopic (exact) mass is 448 g/mol. The molecule has 2 N–H and O–H groups in total. The molecule has 1 aromatic heterocycles. The Morgan fingerprint density at radius 3 is 2.48 bits per heavy atom. The van der Waals surface area contributed by atoms with E-state index in [1.54, 1.807) is 14.0 Å². The summed E-state index contributed by atoms with van der Waals surface area (Å²) < 4.78 is 38.8. The summed E-state index contributed by atoms with van der Waals surface area (Å²) in [6, 6.07) is 2.45. The molecule has 1 unspecified atom stereocenters. The van der Waals surface area contributed by atoms with Gasteiger partial charge in [0.25, 0.3) is 0 Å². The van der Waals surface area contributed by atoms with Crippen LogP contribution in [0.3, 0.4) is 0 Å². The summed E-state index contributed by atoms with van der Waals surface area (Å²) in [6.07, 6.45) is -4.63. The number of nitrogens with zero attached hydrogens (tertiary/aromatic N) is 2. The highest BCUT2D eigenvalue weighted by Crippen LogP contribution is 2.36. The van der Waals surface area contributed by atoms with Gasteiger partial charge in [0.1, 0.15) is 0 Å². The van der Waals surface area contributed by atoms with Gasteiger partial charge in [0.15, 0.2) is 5.13 Å². The number of carbonyl (C=O) groups excluding carboxylic acids is 2. The number of carbonyl (C=O) groups is 2. The quantitative estimate of drug-likeness (QED) is 0.689. The smallest absolute Gasteiger partial charge is 0.325 e. The van der Waals surface area contributed by atoms with Gasteiger partial charge in [0.2, 0.25) is 11.8 Å². The number of benzene rings is 1. The third-order valence-corrected chi connectivity index (χ3v) is 5.57. The van der Waals surface area contributed by atoms with E-state index in [0.717, 1.165) is 22.7 Å². The molecule has 0 saturated heterocycles. The normalized spacial score (nSPS) is 12.7. The van der Waals surface area contributed by atoms with Crippen LogP contribution >= 0.6 is 22.9 Å². The van der Waals surface area contributed by atoms with Crippen molar-refractivity contribution in [2.75, 3.05) is 24.2 Å². The van der Waals surface area contributed by atoms with Crippen LogP contribution in [0.2, 0.25) is 5.02 Å². The van der Waals surface area contributed by atoms with Gasteiger partial charge in [-0.2, -0.15) is 13.2 Å². The zero-order chi connectivity index (χ0) is 21.9. The number of nitrogens with one attached hydrogen (secondary N) is 2. The Balaban J connectivity index is 1.96. The Bertz CT molecular complexity index is 897. The molecule has 6 nitrogen and oxygen atoms in total. The first-order valence-corrected chi connectivity index (χ1v) is 9.69. The highest BCUT2D eigenvalue weighted by atomic mass is 35.5. The van der Waals surface area contributed by atoms with Crippen LogP contribution in [0, 0.1) is 13.8 Å². The standard InChI is InChI=1S/C18H20ClF3N4O2S/c1-9-11(3)29-17(23-9)25-16(28)10(2)26(4)8-15(27)24-12-5-6-14(19)13(7-12)18(20,21)22/h5-7,10H,8H2,1-4H3,(H,24,27)(H,23,25,28). The fourth-order valence-corrected chi connectivity index (χ4v) is 3.36. The minimum atomic E-state index is -4.63. The first-order valence-electron chi connectivity index (χ1n) is 8.50. The second kappa shape index (κ2) is 9.10. The summed E-state index contributed by atoms with van der Waals surface area (Å²) in [4.78, 5) is 31.2. The zero-order valence-electron chi connectivity index (χ0n) is 16.1. The molecular formula is C18H20ClF3N4O2S. The second-order valence-electron chi connectivity index (χ2n) is 6.48. The van der Waals surface area contributed by atoms with Crippen LogP contribution in [0.25, 0.3) is 0 Å². The topological polar surface area (TPSA) is 74.3 Å². The summed E-state index contributed by atoms with van der Waals surface area (Å²) in [6.45, 7) is 5.14. The Hall–Kier alpha value is -2.17. The molecule has 158 valence electrons. The number of aryl methyl sites for hydroxylation is 2. The maximum Gasteiger partial charge on any atom is 0.417 e. The summed E-state index contributed by atoms with van der Waals surface area (Å²) in [5, 5.41) is 5.09. The molecule has 0 radical (unpaired) electrons. The molecule has 29 heavy (non-hydrogen) atoms. The van der Waals surface area contributed by atoms with Crippen molar-refractivity contribution >= 4 is 45.6 Å². The van der Waals surface area contributed by atoms with Crippen LogP contribution in [0.5, 0.6) is 0 Å². The van der Waals surface area contributed by atoms with Crippen molar-refractivity contribution in [3.63, 3.8) is 0 Å². The van der Waals surface area contributed by atoms with E-state index in [1.807, 2.05) is 13.8 Å². The molecule has 1 heterocycles. The summed E-state index contributed by atoms with van der Waals surface area (Å²) in [7, 11) is 1.56. The maximum absolute atomic E-state index is 12.9. The fraction of sp³-hybridized carbons (Fsp3) is 0.389. The van der Waals surface area contributed by atoms with Crippen molar-refractivity contribution in [3.8, 4) is 0 Å². The molecule has 0 aliphatic rings. The zero-order valence-corrected chi connectivity index (χ0v) is 17.7. The van der Waals surface area contributed by atoms with E-state index in [9.17, 15) is 22.8 Å². The van der Waals surface area contributed by atoms with Crippen LogP contribution in [-0.4, -0.2) is 41.3 Å². The van der Waals surface area contributed by atoms with Crippen molar-refractivity contribution in [1.29, 1.82) is 0 Å². The van der Waals surface area contributed by atoms with Gasteiger partial charge in [-0.05, 0) is 46.0 Å². The lowest BCUT2D eigenvalue weighted by atomic mass is 10.2. The molecule has 1 aromatic carbocycles. The van der Waals surface area contributed by atoms with Crippen molar-refractivity contribution in [2.45, 2.75) is 33.0 Å². The molecule has 11 heteroatoms. The summed E-state index contributed by atoms with van der Waals surface area (Å²) in [5.41, 5.74) is -0.245. The van der Waals surface area contributed by atoms with Gasteiger partial charge >= 0.3 is 6.18 Å². The van der Waals surface area contributed by atoms with Crippen LogP contribution < -0.4 is 10.6 Å². The largest absolute Gasteiger partial charge is 0.417 e. The molecule has 0 bridgehead atoms. The van der Waals surface area contributed by atoms with Crippen LogP contribution in [0.15, 0.2) is 18.2 Å². The molecular weight excluding hydrogens is 429 g/mol. The lowest BCUT2D eigenvalue weighted by molar-refractivity contribution is -0.137. The summed E-state index contributed by atoms with van der Waals surface area (Å²) in [5.74, 6) is -0.913. The van der Waals surface area contributed by atoms with E-state index in [4.69, 9.17) is 11.6 Å². The van der Waals surface area contributed by atoms with E-state index in [2.05, 4.69) is 15.6 Å². The van der Waals surface area contributed by atoms with Crippen molar-refractivity contribution < 1.29 is 22.8 Å². The predicted molar refractivity (Wildman–Crippen MR) is 107 cm³/mol. The average Bonchev–Trinajstić information content (AvgIpc) is 2.92. The number of alkyl halides is 3. The van der Waals surface area contributed by atoms with Gasteiger partial charge in [0.05, 0.1) is 28.9 Å². The fourth-order valence-electron chi connectivity index (χ4n) is 2.32. The van der Waals surface area contributed by atoms with Crippen LogP contribution in [0.1, 0.15) is 23.1 Å². The number of amides is 2. The second-order valence-corrected chi connectivity index (χ2v) is 8.09. The first kappa shape index (κ1) is 23.1. The number of anilines is 2. The molecule has 0 aliphatic carbocycles. The molecule has 0 aliphatic heterocycles. The number of thiazole rings is 1. The van der Waals surface area contributed by atoms with E-state index >= 15 is 0 Å². The number of hydrogen-bond acceptors (Lipinski definition) is 5. The number of likely N-dealkylation sites (N-methyl/N-ethyl adjacent to an activating group) is 1. The van der Waals surface area contributed by atoms with Gasteiger partial charge < -0.3 is 10.6 Å². The molecule has 1 atom stereocenters. The van der Waals surface area contributed by atoms with Gasteiger partial charge in [-0.1, -0.05) is 11.6 Å². The third kappa shape index (κ3) is 6.15. The van der Waals surface area contributed by atoms with Crippen molar-refractivity contribution in [1.82, 2.24) is 9.88 Å². The Morgan fingerprint density at radius 2 is 1.93 bits per heavy atom. The Kier molecular flexibility index (Phi) is 7.25. The van der Waals surface area contributed by atoms with Gasteiger partial charge in [-0.15, -0.1) is 11.3 Å². The minimum Gasteiger partial charge on any atom is -0.325 e. The number of rotatable bonds is 6. The van der Waals surface area contributed by atoms with Gasteiger partial charge in [-0.25, -0.2) is 4.98 Å². The average molecular weight is 449 g/mol. The van der Waals surface area contributed by atoms with Crippen molar-refractivity contribution in [3.05, 3.63) is 39.4 Å². The molecule has 0 fully saturated rings. The van der Waals surface area contributed by atoms with Gasteiger partial charge in [0, 0.05) is 10.6 Å². The Morgan fingerprint density at radius 1 is 1.28 bits per heavy atom. The van der Waals surface area contributed by atoms with Crippen molar-refractivity contribution in [2.24, 2.45) is 0 Å². The number of hydrogen-bond donors (Lipinski definition) is 2. The lowest BCUT2D eigenvalue weighted by Gasteiger charge is -2.23. The molecule has 0 saturated carbocycles. The highest BCUT2D eigenvalue weighted by molar-refractivity contribution is 7.15. The van der Waals surface area contributed by atoms with Gasteiger partial charge in [-0.3, -0.25) is 14.5 Å². The Labute approximate surface area is 175 Å². The minimum absolute atomic E-state index is 0.0361. The third-order valence-electron chi connectivity index (χ3n) is 4.25. The van der Waals surface area contributed by atoms with E-state index in [1.165, 1.54) is 22.3 Å². The summed E-state index contributed by atoms with van der Waals surface area (Å²) >= 11 is 6.91. The van der Waals surface area contributed by atoms with Crippen LogP contribution in [-0.2, 0) is 15.8 Å². The molecule has 2 rings (SSSR count). The maximum atomic E-state index is 12.9. The van der Waals surface area contributed by atoms with Crippen LogP contribution in [0.4, 0.5) is 24.0 Å². The molecule has 2 aromatic rings. The van der Waals surface area contributed by atoms with E-state index in [-0.39, 0.29) is 18.1 Å². The van der Waals surface area contributed by atoms with E-state index < -0.39 is 28.7 Å². The predicted octanol–water partition coefficient (Wildman–Crippen LogP) is 4.33. The highest BCUT2D eigenvalue weighted by Gasteiger charge is 2.33. The molecule has 2 amide bonds. The number of aromatic nitrogens is 1.